The first-order valence-electron chi connectivity index (χ1n) is 8.00. The molecule has 138 valence electrons. The first-order valence-corrected chi connectivity index (χ1v) is 8.38. The Bertz CT molecular complexity index is 781. The summed E-state index contributed by atoms with van der Waals surface area (Å²) in [6.45, 7) is 0.225. The third-order valence-corrected chi connectivity index (χ3v) is 4.04. The molecule has 0 aliphatic heterocycles. The lowest BCUT2D eigenvalue weighted by molar-refractivity contribution is -0.119. The Kier molecular flexibility index (Phi) is 6.86. The van der Waals surface area contributed by atoms with Gasteiger partial charge in [-0.1, -0.05) is 41.9 Å². The Morgan fingerprint density at radius 1 is 1.19 bits per heavy atom. The lowest BCUT2D eigenvalue weighted by Crippen LogP contribution is -2.29. The molecule has 0 heterocycles. The summed E-state index contributed by atoms with van der Waals surface area (Å²) >= 11 is 6.19. The van der Waals surface area contributed by atoms with E-state index in [4.69, 9.17) is 26.8 Å². The highest BCUT2D eigenvalue weighted by Gasteiger charge is 2.19. The Balaban J connectivity index is 2.12. The highest BCUT2D eigenvalue weighted by molar-refractivity contribution is 6.32. The highest BCUT2D eigenvalue weighted by Crippen LogP contribution is 2.36. The first kappa shape index (κ1) is 19.6. The van der Waals surface area contributed by atoms with Crippen LogP contribution in [0.1, 0.15) is 15.9 Å². The normalized spacial score (nSPS) is 10.3. The highest BCUT2D eigenvalue weighted by atomic mass is 35.5. The molecule has 0 aliphatic rings. The van der Waals surface area contributed by atoms with Crippen molar-refractivity contribution in [3.8, 4) is 11.5 Å². The minimum Gasteiger partial charge on any atom is -0.493 e. The Labute approximate surface area is 157 Å². The molecule has 0 unspecified atom stereocenters. The van der Waals surface area contributed by atoms with E-state index in [1.807, 2.05) is 30.3 Å². The van der Waals surface area contributed by atoms with Gasteiger partial charge in [-0.3, -0.25) is 9.59 Å². The van der Waals surface area contributed by atoms with Crippen molar-refractivity contribution in [2.24, 2.45) is 5.73 Å². The molecule has 0 saturated heterocycles. The van der Waals surface area contributed by atoms with Crippen molar-refractivity contribution in [3.63, 3.8) is 0 Å². The summed E-state index contributed by atoms with van der Waals surface area (Å²) in [6.07, 6.45) is 0.744. The largest absolute Gasteiger partial charge is 0.493 e. The van der Waals surface area contributed by atoms with Crippen LogP contribution in [0.5, 0.6) is 11.5 Å². The van der Waals surface area contributed by atoms with Crippen LogP contribution in [0.15, 0.2) is 42.5 Å². The Hall–Kier alpha value is -2.73. The van der Waals surface area contributed by atoms with E-state index in [0.717, 1.165) is 12.0 Å². The molecule has 2 aromatic rings. The quantitative estimate of drug-likeness (QED) is 0.767. The number of carbonyl (C=O) groups excluding carboxylic acids is 2. The summed E-state index contributed by atoms with van der Waals surface area (Å²) in [4.78, 5) is 25.2. The maximum atomic E-state index is 12.7. The summed E-state index contributed by atoms with van der Waals surface area (Å²) in [5.74, 6) is -0.387. The van der Waals surface area contributed by atoms with Crippen LogP contribution in [0.4, 0.5) is 0 Å². The van der Waals surface area contributed by atoms with Gasteiger partial charge < -0.3 is 20.1 Å². The number of carbonyl (C=O) groups is 2. The minimum absolute atomic E-state index is 0.172. The molecular weight excluding hydrogens is 356 g/mol. The van der Waals surface area contributed by atoms with E-state index < -0.39 is 5.91 Å². The number of amides is 2. The summed E-state index contributed by atoms with van der Waals surface area (Å²) in [7, 11) is 3.15. The zero-order valence-electron chi connectivity index (χ0n) is 14.7. The molecule has 0 aliphatic carbocycles. The fourth-order valence-electron chi connectivity index (χ4n) is 2.39. The molecule has 0 spiro atoms. The maximum Gasteiger partial charge on any atom is 0.255 e. The van der Waals surface area contributed by atoms with Gasteiger partial charge in [-0.05, 0) is 24.1 Å². The molecule has 2 N–H and O–H groups in total. The van der Waals surface area contributed by atoms with Crippen LogP contribution in [-0.2, 0) is 11.2 Å². The molecule has 26 heavy (non-hydrogen) atoms. The van der Waals surface area contributed by atoms with Crippen molar-refractivity contribution in [2.45, 2.75) is 6.42 Å². The van der Waals surface area contributed by atoms with Crippen LogP contribution < -0.4 is 15.2 Å². The lowest BCUT2D eigenvalue weighted by Gasteiger charge is -2.19. The Morgan fingerprint density at radius 2 is 1.88 bits per heavy atom. The van der Waals surface area contributed by atoms with Crippen LogP contribution >= 0.6 is 11.6 Å². The molecule has 0 atom stereocenters. The van der Waals surface area contributed by atoms with Crippen LogP contribution in [-0.4, -0.2) is 44.0 Å². The minimum atomic E-state index is -0.635. The lowest BCUT2D eigenvalue weighted by atomic mass is 10.1. The van der Waals surface area contributed by atoms with Crippen molar-refractivity contribution in [2.75, 3.05) is 27.3 Å². The van der Waals surface area contributed by atoms with Crippen molar-refractivity contribution in [1.82, 2.24) is 4.90 Å². The van der Waals surface area contributed by atoms with Gasteiger partial charge in [0.1, 0.15) is 0 Å². The zero-order valence-corrected chi connectivity index (χ0v) is 15.5. The fourth-order valence-corrected chi connectivity index (χ4v) is 2.66. The van der Waals surface area contributed by atoms with Gasteiger partial charge in [0, 0.05) is 19.2 Å². The number of likely N-dealkylation sites (N-methyl/N-ethyl adjacent to an activating group) is 1. The number of hydrogen-bond acceptors (Lipinski definition) is 4. The van der Waals surface area contributed by atoms with Crippen molar-refractivity contribution < 1.29 is 19.1 Å². The third kappa shape index (κ3) is 5.13. The van der Waals surface area contributed by atoms with Gasteiger partial charge in [-0.2, -0.15) is 0 Å². The molecule has 0 fully saturated rings. The predicted molar refractivity (Wildman–Crippen MR) is 99.8 cm³/mol. The molecule has 6 nitrogen and oxygen atoms in total. The topological polar surface area (TPSA) is 81.9 Å². The second-order valence-electron chi connectivity index (χ2n) is 5.71. The molecule has 0 aromatic heterocycles. The number of nitrogens with two attached hydrogens (primary N) is 1. The van der Waals surface area contributed by atoms with Gasteiger partial charge >= 0.3 is 0 Å². The van der Waals surface area contributed by atoms with Crippen LogP contribution in [0.2, 0.25) is 5.02 Å². The number of primary amides is 1. The fraction of sp³-hybridized carbons (Fsp3) is 0.263. The van der Waals surface area contributed by atoms with Gasteiger partial charge in [0.2, 0.25) is 0 Å². The molecular formula is C19H21ClN2O4. The predicted octanol–water partition coefficient (Wildman–Crippen LogP) is 2.53. The van der Waals surface area contributed by atoms with Crippen molar-refractivity contribution in [3.05, 3.63) is 58.6 Å². The first-order chi connectivity index (χ1) is 12.4. The number of benzene rings is 2. The second-order valence-corrected chi connectivity index (χ2v) is 6.11. The van der Waals surface area contributed by atoms with E-state index in [9.17, 15) is 9.59 Å². The monoisotopic (exact) mass is 376 g/mol. The number of hydrogen-bond donors (Lipinski definition) is 1. The molecule has 0 radical (unpaired) electrons. The molecule has 2 rings (SSSR count). The van der Waals surface area contributed by atoms with Crippen LogP contribution in [0.3, 0.4) is 0 Å². The van der Waals surface area contributed by atoms with Gasteiger partial charge in [-0.25, -0.2) is 0 Å². The summed E-state index contributed by atoms with van der Waals surface area (Å²) in [6, 6.07) is 12.9. The SMILES string of the molecule is COc1cc(C(=O)N(C)CCc2ccccc2)cc(Cl)c1OCC(N)=O. The average Bonchev–Trinajstić information content (AvgIpc) is 2.64. The molecule has 7 heteroatoms. The van der Waals surface area contributed by atoms with E-state index in [1.54, 1.807) is 11.9 Å². The summed E-state index contributed by atoms with van der Waals surface area (Å²) in [5.41, 5.74) is 6.59. The van der Waals surface area contributed by atoms with Gasteiger partial charge in [0.25, 0.3) is 11.8 Å². The smallest absolute Gasteiger partial charge is 0.255 e. The van der Waals surface area contributed by atoms with E-state index in [0.29, 0.717) is 12.1 Å². The van der Waals surface area contributed by atoms with Crippen LogP contribution in [0, 0.1) is 0 Å². The van der Waals surface area contributed by atoms with E-state index >= 15 is 0 Å². The summed E-state index contributed by atoms with van der Waals surface area (Å²) < 4.78 is 10.5. The third-order valence-electron chi connectivity index (χ3n) is 3.76. The number of methoxy groups -OCH3 is 1. The van der Waals surface area contributed by atoms with Crippen molar-refractivity contribution in [1.29, 1.82) is 0 Å². The molecule has 0 bridgehead atoms. The van der Waals surface area contributed by atoms with Gasteiger partial charge in [0.05, 0.1) is 12.1 Å². The number of rotatable bonds is 8. The second kappa shape index (κ2) is 9.10. The van der Waals surface area contributed by atoms with E-state index in [1.165, 1.54) is 19.2 Å². The van der Waals surface area contributed by atoms with Crippen LogP contribution in [0.25, 0.3) is 0 Å². The number of nitrogens with zero attached hydrogens (tertiary/aromatic N) is 1. The molecule has 2 aromatic carbocycles. The van der Waals surface area contributed by atoms with Crippen molar-refractivity contribution >= 4 is 23.4 Å². The zero-order chi connectivity index (χ0) is 19.1. The Morgan fingerprint density at radius 3 is 2.50 bits per heavy atom. The standard InChI is InChI=1S/C19H21ClN2O4/c1-22(9-8-13-6-4-3-5-7-13)19(24)14-10-15(20)18(16(11-14)25-2)26-12-17(21)23/h3-7,10-11H,8-9,12H2,1-2H3,(H2,21,23). The average molecular weight is 377 g/mol. The number of halogens is 1. The number of ether oxygens (including phenoxy) is 2. The van der Waals surface area contributed by atoms with Gasteiger partial charge in [-0.15, -0.1) is 0 Å². The van der Waals surface area contributed by atoms with Gasteiger partial charge in [0.15, 0.2) is 18.1 Å². The van der Waals surface area contributed by atoms with E-state index in [2.05, 4.69) is 0 Å². The maximum absolute atomic E-state index is 12.7. The van der Waals surface area contributed by atoms with E-state index in [-0.39, 0.29) is 29.0 Å². The summed E-state index contributed by atoms with van der Waals surface area (Å²) in [5, 5.41) is 0.172. The molecule has 2 amide bonds. The molecule has 0 saturated carbocycles.